The Morgan fingerprint density at radius 2 is 2.11 bits per heavy atom. The predicted octanol–water partition coefficient (Wildman–Crippen LogP) is 0.638. The third kappa shape index (κ3) is 0.775. The Bertz CT molecular complexity index is 113. The standard InChI is InChI=1S/C7H14N2/c8-9-7-4-5-1-2-6(7)3-5/h5-7,9H,1-4,8H2/t5-,6-,7-/m1/s1. The topological polar surface area (TPSA) is 38.0 Å². The van der Waals surface area contributed by atoms with Gasteiger partial charge in [0, 0.05) is 6.04 Å². The third-order valence-electron chi connectivity index (χ3n) is 2.95. The van der Waals surface area contributed by atoms with Crippen LogP contribution in [0.1, 0.15) is 25.7 Å². The van der Waals surface area contributed by atoms with Crippen LogP contribution in [0.3, 0.4) is 0 Å². The van der Waals surface area contributed by atoms with Crippen molar-refractivity contribution in [3.63, 3.8) is 0 Å². The smallest absolute Gasteiger partial charge is 0.0241 e. The van der Waals surface area contributed by atoms with E-state index in [0.29, 0.717) is 6.04 Å². The Hall–Kier alpha value is -0.0800. The maximum Gasteiger partial charge on any atom is 0.0241 e. The van der Waals surface area contributed by atoms with Crippen LogP contribution < -0.4 is 11.3 Å². The lowest BCUT2D eigenvalue weighted by molar-refractivity contribution is 0.357. The lowest BCUT2D eigenvalue weighted by atomic mass is 9.96. The first-order valence-electron chi connectivity index (χ1n) is 3.86. The number of hydrazine groups is 1. The summed E-state index contributed by atoms with van der Waals surface area (Å²) in [4.78, 5) is 0. The first-order chi connectivity index (χ1) is 4.40. The van der Waals surface area contributed by atoms with Crippen molar-refractivity contribution in [2.45, 2.75) is 31.7 Å². The molecule has 2 aliphatic rings. The SMILES string of the molecule is NN[C@@H]1C[C@@H]2CC[C@@H]1C2. The molecule has 0 unspecified atom stereocenters. The molecule has 9 heavy (non-hydrogen) atoms. The fourth-order valence-corrected chi connectivity index (χ4v) is 2.45. The quantitative estimate of drug-likeness (QED) is 0.399. The first kappa shape index (κ1) is 5.69. The van der Waals surface area contributed by atoms with Crippen LogP contribution in [0.25, 0.3) is 0 Å². The molecular weight excluding hydrogens is 112 g/mol. The van der Waals surface area contributed by atoms with Gasteiger partial charge in [-0.15, -0.1) is 0 Å². The highest BCUT2D eigenvalue weighted by atomic mass is 15.2. The minimum Gasteiger partial charge on any atom is -0.271 e. The van der Waals surface area contributed by atoms with Crippen LogP contribution in [0, 0.1) is 11.8 Å². The number of rotatable bonds is 1. The second kappa shape index (κ2) is 1.96. The van der Waals surface area contributed by atoms with Gasteiger partial charge in [-0.2, -0.15) is 0 Å². The molecular formula is C7H14N2. The van der Waals surface area contributed by atoms with E-state index in [9.17, 15) is 0 Å². The Labute approximate surface area is 55.8 Å². The minimum absolute atomic E-state index is 0.656. The van der Waals surface area contributed by atoms with Crippen molar-refractivity contribution in [2.24, 2.45) is 17.7 Å². The molecule has 2 aliphatic carbocycles. The third-order valence-corrected chi connectivity index (χ3v) is 2.95. The summed E-state index contributed by atoms with van der Waals surface area (Å²) in [6, 6.07) is 0.656. The molecule has 0 aromatic heterocycles. The van der Waals surface area contributed by atoms with E-state index in [1.54, 1.807) is 0 Å². The van der Waals surface area contributed by atoms with Crippen LogP contribution in [-0.2, 0) is 0 Å². The van der Waals surface area contributed by atoms with Crippen LogP contribution in [-0.4, -0.2) is 6.04 Å². The lowest BCUT2D eigenvalue weighted by Crippen LogP contribution is -2.38. The largest absolute Gasteiger partial charge is 0.271 e. The average molecular weight is 126 g/mol. The van der Waals surface area contributed by atoms with Gasteiger partial charge >= 0.3 is 0 Å². The number of fused-ring (bicyclic) bond motifs is 2. The van der Waals surface area contributed by atoms with Gasteiger partial charge in [0.05, 0.1) is 0 Å². The van der Waals surface area contributed by atoms with Gasteiger partial charge in [0.2, 0.25) is 0 Å². The Kier molecular flexibility index (Phi) is 1.24. The first-order valence-corrected chi connectivity index (χ1v) is 3.86. The van der Waals surface area contributed by atoms with Gasteiger partial charge in [0.15, 0.2) is 0 Å². The second-order valence-electron chi connectivity index (χ2n) is 3.45. The van der Waals surface area contributed by atoms with Crippen molar-refractivity contribution in [3.8, 4) is 0 Å². The Morgan fingerprint density at radius 1 is 1.22 bits per heavy atom. The molecule has 3 N–H and O–H groups in total. The molecule has 2 bridgehead atoms. The van der Waals surface area contributed by atoms with Crippen molar-refractivity contribution < 1.29 is 0 Å². The highest BCUT2D eigenvalue weighted by Crippen LogP contribution is 2.43. The second-order valence-corrected chi connectivity index (χ2v) is 3.45. The van der Waals surface area contributed by atoms with E-state index in [0.717, 1.165) is 11.8 Å². The van der Waals surface area contributed by atoms with Gasteiger partial charge in [-0.1, -0.05) is 6.42 Å². The molecule has 0 aromatic rings. The molecule has 2 nitrogen and oxygen atoms in total. The van der Waals surface area contributed by atoms with E-state index < -0.39 is 0 Å². The zero-order valence-corrected chi connectivity index (χ0v) is 5.64. The average Bonchev–Trinajstić information content (AvgIpc) is 2.45. The maximum atomic E-state index is 5.37. The van der Waals surface area contributed by atoms with Gasteiger partial charge in [0.25, 0.3) is 0 Å². The summed E-state index contributed by atoms with van der Waals surface area (Å²) in [7, 11) is 0. The number of nitrogens with one attached hydrogen (secondary N) is 1. The van der Waals surface area contributed by atoms with Gasteiger partial charge in [-0.05, 0) is 31.1 Å². The Morgan fingerprint density at radius 3 is 2.44 bits per heavy atom. The summed E-state index contributed by atoms with van der Waals surface area (Å²) in [5.41, 5.74) is 2.90. The molecule has 0 amide bonds. The number of nitrogens with two attached hydrogens (primary N) is 1. The molecule has 2 heteroatoms. The van der Waals surface area contributed by atoms with E-state index in [-0.39, 0.29) is 0 Å². The van der Waals surface area contributed by atoms with Crippen LogP contribution in [0.15, 0.2) is 0 Å². The monoisotopic (exact) mass is 126 g/mol. The zero-order valence-electron chi connectivity index (χ0n) is 5.64. The number of hydrogen-bond donors (Lipinski definition) is 2. The van der Waals surface area contributed by atoms with Gasteiger partial charge in [-0.3, -0.25) is 11.3 Å². The van der Waals surface area contributed by atoms with Crippen LogP contribution in [0.5, 0.6) is 0 Å². The van der Waals surface area contributed by atoms with E-state index in [1.807, 2.05) is 0 Å². The van der Waals surface area contributed by atoms with E-state index in [1.165, 1.54) is 25.7 Å². The molecule has 3 atom stereocenters. The van der Waals surface area contributed by atoms with E-state index in [2.05, 4.69) is 5.43 Å². The van der Waals surface area contributed by atoms with Crippen molar-refractivity contribution >= 4 is 0 Å². The molecule has 0 radical (unpaired) electrons. The summed E-state index contributed by atoms with van der Waals surface area (Å²) in [5.74, 6) is 7.30. The van der Waals surface area contributed by atoms with Gasteiger partial charge in [0.1, 0.15) is 0 Å². The van der Waals surface area contributed by atoms with Crippen LogP contribution in [0.4, 0.5) is 0 Å². The van der Waals surface area contributed by atoms with Crippen LogP contribution >= 0.6 is 0 Å². The minimum atomic E-state index is 0.656. The molecule has 0 heterocycles. The molecule has 0 aliphatic heterocycles. The van der Waals surface area contributed by atoms with Crippen molar-refractivity contribution in [1.29, 1.82) is 0 Å². The molecule has 2 fully saturated rings. The summed E-state index contributed by atoms with van der Waals surface area (Å²) < 4.78 is 0. The van der Waals surface area contributed by atoms with Crippen LogP contribution in [0.2, 0.25) is 0 Å². The molecule has 2 saturated carbocycles. The lowest BCUT2D eigenvalue weighted by Gasteiger charge is -2.19. The number of hydrogen-bond acceptors (Lipinski definition) is 2. The fraction of sp³-hybridized carbons (Fsp3) is 1.00. The van der Waals surface area contributed by atoms with Gasteiger partial charge in [-0.25, -0.2) is 0 Å². The summed E-state index contributed by atoms with van der Waals surface area (Å²) >= 11 is 0. The highest BCUT2D eigenvalue weighted by Gasteiger charge is 2.38. The predicted molar refractivity (Wildman–Crippen MR) is 36.6 cm³/mol. The Balaban J connectivity index is 2.01. The molecule has 0 aromatic carbocycles. The van der Waals surface area contributed by atoms with Crippen molar-refractivity contribution in [3.05, 3.63) is 0 Å². The summed E-state index contributed by atoms with van der Waals surface area (Å²) in [5, 5.41) is 0. The zero-order chi connectivity index (χ0) is 6.27. The fourth-order valence-electron chi connectivity index (χ4n) is 2.45. The van der Waals surface area contributed by atoms with Gasteiger partial charge < -0.3 is 0 Å². The maximum absolute atomic E-state index is 5.37. The summed E-state index contributed by atoms with van der Waals surface area (Å²) in [6.45, 7) is 0. The van der Waals surface area contributed by atoms with Crippen molar-refractivity contribution in [2.75, 3.05) is 0 Å². The molecule has 0 spiro atoms. The normalized spacial score (nSPS) is 48.3. The van der Waals surface area contributed by atoms with E-state index >= 15 is 0 Å². The molecule has 2 rings (SSSR count). The molecule has 52 valence electrons. The molecule has 0 saturated heterocycles. The highest BCUT2D eigenvalue weighted by molar-refractivity contribution is 4.92. The van der Waals surface area contributed by atoms with E-state index in [4.69, 9.17) is 5.84 Å². The van der Waals surface area contributed by atoms with Crippen molar-refractivity contribution in [1.82, 2.24) is 5.43 Å². The summed E-state index contributed by atoms with van der Waals surface area (Å²) in [6.07, 6.45) is 5.65.